The van der Waals surface area contributed by atoms with E-state index in [2.05, 4.69) is 26.8 Å². The Kier molecular flexibility index (Phi) is 17.8. The second-order valence-corrected chi connectivity index (χ2v) is 25.5. The second-order valence-electron chi connectivity index (χ2n) is 25.5. The van der Waals surface area contributed by atoms with Crippen molar-refractivity contribution >= 4 is 17.9 Å². The number of carbonyl (C=O) groups is 3. The molecule has 24 heteroatoms. The summed E-state index contributed by atoms with van der Waals surface area (Å²) in [4.78, 5) is 39.5. The quantitative estimate of drug-likeness (QED) is 0.0415. The van der Waals surface area contributed by atoms with Gasteiger partial charge in [-0.3, -0.25) is 4.79 Å². The Morgan fingerprint density at radius 3 is 1.76 bits per heavy atom. The van der Waals surface area contributed by atoms with E-state index in [1.54, 1.807) is 19.9 Å². The van der Waals surface area contributed by atoms with Gasteiger partial charge in [-0.05, 0) is 92.8 Å². The summed E-state index contributed by atoms with van der Waals surface area (Å²) in [5.74, 6) is -3.88. The van der Waals surface area contributed by atoms with Gasteiger partial charge >= 0.3 is 17.9 Å². The van der Waals surface area contributed by atoms with E-state index in [0.717, 1.165) is 5.57 Å². The van der Waals surface area contributed by atoms with Crippen LogP contribution in [0.3, 0.4) is 0 Å². The first-order valence-corrected chi connectivity index (χ1v) is 27.7. The maximum absolute atomic E-state index is 13.4. The highest BCUT2D eigenvalue weighted by atomic mass is 16.8. The van der Waals surface area contributed by atoms with Crippen LogP contribution < -0.4 is 0 Å². The SMILES string of the molecule is CC=C(C)C(=O)O[C@@H]1[C@H](OC(C)=O)[C@@]2(CO)C(CC1(C)C)C1=CCC3[C@@]4(C)CC[C@H](O[C@@H]5O[C@H](C(=O)O)[C@@H](O[C@@H]6O[C@H](CO)[C@@H](O)[C@H](O)[C@H]6O)[C@H](O)[C@H]5O[C@@H]5O[C@H](CO)[C@@H](O)[C@H](O)[C@H]5O)[C@](C)(CO)C4CC[C@@]3(C)[C@]1(C)C[C@H]2O. The molecule has 0 aromatic heterocycles. The van der Waals surface area contributed by atoms with Gasteiger partial charge in [-0.1, -0.05) is 59.3 Å². The lowest BCUT2D eigenvalue weighted by atomic mass is 9.33. The molecule has 3 heterocycles. The van der Waals surface area contributed by atoms with Gasteiger partial charge in [-0.15, -0.1) is 0 Å². The van der Waals surface area contributed by atoms with Crippen LogP contribution in [0.25, 0.3) is 0 Å². The molecule has 3 aliphatic heterocycles. The third kappa shape index (κ3) is 9.94. The zero-order valence-corrected chi connectivity index (χ0v) is 46.4. The largest absolute Gasteiger partial charge is 0.479 e. The summed E-state index contributed by atoms with van der Waals surface area (Å²) in [7, 11) is 0. The Balaban J connectivity index is 1.12. The number of carboxylic acids is 1. The number of aliphatic hydroxyl groups excluding tert-OH is 12. The van der Waals surface area contributed by atoms with Gasteiger partial charge in [-0.25, -0.2) is 9.59 Å². The lowest BCUT2D eigenvalue weighted by molar-refractivity contribution is -0.392. The first kappa shape index (κ1) is 62.2. The van der Waals surface area contributed by atoms with Crippen LogP contribution in [0.4, 0.5) is 0 Å². The molecule has 3 unspecified atom stereocenters. The third-order valence-electron chi connectivity index (χ3n) is 21.1. The summed E-state index contributed by atoms with van der Waals surface area (Å²) in [6, 6.07) is 0. The average Bonchev–Trinajstić information content (AvgIpc) is 3.25. The van der Waals surface area contributed by atoms with Crippen molar-refractivity contribution in [1.82, 2.24) is 0 Å². The molecule has 27 atom stereocenters. The van der Waals surface area contributed by atoms with Crippen LogP contribution in [0.15, 0.2) is 23.3 Å². The Hall–Kier alpha value is -2.83. The molecule has 7 fully saturated rings. The van der Waals surface area contributed by atoms with E-state index in [4.69, 9.17) is 37.9 Å². The maximum atomic E-state index is 13.4. The Morgan fingerprint density at radius 1 is 0.658 bits per heavy atom. The fourth-order valence-electron chi connectivity index (χ4n) is 16.2. The van der Waals surface area contributed by atoms with Crippen LogP contribution in [0.5, 0.6) is 0 Å². The molecule has 8 rings (SSSR count). The Morgan fingerprint density at radius 2 is 1.24 bits per heavy atom. The molecular weight excluding hydrogens is 1040 g/mol. The first-order chi connectivity index (χ1) is 36.9. The fourth-order valence-corrected chi connectivity index (χ4v) is 16.2. The zero-order valence-electron chi connectivity index (χ0n) is 46.4. The minimum Gasteiger partial charge on any atom is -0.479 e. The van der Waals surface area contributed by atoms with E-state index < -0.39 is 199 Å². The van der Waals surface area contributed by atoms with E-state index in [-0.39, 0.29) is 24.7 Å². The van der Waals surface area contributed by atoms with Crippen LogP contribution in [0.1, 0.15) is 107 Å². The maximum Gasteiger partial charge on any atom is 0.335 e. The lowest BCUT2D eigenvalue weighted by Gasteiger charge is -2.72. The topological polar surface area (TPSA) is 388 Å². The summed E-state index contributed by atoms with van der Waals surface area (Å²) in [6.07, 6.45) is -26.5. The molecule has 5 aliphatic carbocycles. The van der Waals surface area contributed by atoms with E-state index >= 15 is 0 Å². The van der Waals surface area contributed by atoms with Gasteiger partial charge in [-0.2, -0.15) is 0 Å². The van der Waals surface area contributed by atoms with E-state index in [1.165, 1.54) is 6.92 Å². The van der Waals surface area contributed by atoms with Crippen molar-refractivity contribution in [1.29, 1.82) is 0 Å². The minimum atomic E-state index is -2.18. The molecule has 0 aromatic carbocycles. The van der Waals surface area contributed by atoms with Crippen molar-refractivity contribution in [2.45, 2.75) is 224 Å². The van der Waals surface area contributed by atoms with Crippen LogP contribution >= 0.6 is 0 Å². The molecule has 0 bridgehead atoms. The van der Waals surface area contributed by atoms with Crippen LogP contribution in [0, 0.1) is 50.2 Å². The summed E-state index contributed by atoms with van der Waals surface area (Å²) in [5.41, 5.74) is -3.78. The molecule has 0 radical (unpaired) electrons. The highest BCUT2D eigenvalue weighted by Crippen LogP contribution is 2.76. The number of fused-ring (bicyclic) bond motifs is 7. The molecular formula is C55H86O24. The van der Waals surface area contributed by atoms with Gasteiger partial charge in [0, 0.05) is 23.3 Å². The van der Waals surface area contributed by atoms with Gasteiger partial charge in [0.05, 0.1) is 44.1 Å². The molecule has 0 amide bonds. The van der Waals surface area contributed by atoms with Gasteiger partial charge < -0.3 is 104 Å². The zero-order chi connectivity index (χ0) is 58.4. The highest BCUT2D eigenvalue weighted by Gasteiger charge is 2.74. The molecule has 0 spiro atoms. The summed E-state index contributed by atoms with van der Waals surface area (Å²) >= 11 is 0. The van der Waals surface area contributed by atoms with E-state index in [0.29, 0.717) is 37.7 Å². The third-order valence-corrected chi connectivity index (χ3v) is 21.1. The van der Waals surface area contributed by atoms with Gasteiger partial charge in [0.25, 0.3) is 0 Å². The van der Waals surface area contributed by atoms with Crippen molar-refractivity contribution in [3.63, 3.8) is 0 Å². The summed E-state index contributed by atoms with van der Waals surface area (Å²) in [5, 5.41) is 143. The Labute approximate surface area is 459 Å². The number of hydrogen-bond acceptors (Lipinski definition) is 23. The average molecular weight is 1130 g/mol. The molecule has 8 aliphatic rings. The molecule has 79 heavy (non-hydrogen) atoms. The molecule has 450 valence electrons. The number of esters is 2. The monoisotopic (exact) mass is 1130 g/mol. The molecule has 3 saturated heterocycles. The van der Waals surface area contributed by atoms with Crippen LogP contribution in [-0.4, -0.2) is 227 Å². The number of aliphatic carboxylic acids is 1. The van der Waals surface area contributed by atoms with Gasteiger partial charge in [0.15, 0.2) is 25.0 Å². The first-order valence-electron chi connectivity index (χ1n) is 27.7. The standard InChI is InChI=1S/C55H86O24/c1-10-23(2)46(71)79-43-44(72-24(3)60)55(22-59)26(17-50(43,4)5)25-11-12-30-51(6)15-14-32(52(7,21-58)29(51)13-16-53(30,8)54(25,9)18-31(55)61)75-49-41(77-48-38(67)36(65)34(63)28(20-57)74-48)39(68)40(42(78-49)45(69)70)76-47-37(66)35(64)33(62)27(19-56)73-47/h10-11,26-44,47-49,56-59,61-68H,12-22H2,1-9H3,(H,69,70)/t26?,27-,28-,29?,30?,31-,32+,33-,34-,35+,36+,37-,38-,39+,40+,41-,42+,43-,44+,47+,48+,49-,51+,52-,53-,54-,55+/m1/s1. The number of ether oxygens (including phenoxy) is 8. The predicted molar refractivity (Wildman–Crippen MR) is 269 cm³/mol. The fraction of sp³-hybridized carbons (Fsp3) is 0.873. The van der Waals surface area contributed by atoms with Gasteiger partial charge in [0.1, 0.15) is 79.4 Å². The van der Waals surface area contributed by atoms with E-state index in [9.17, 15) is 80.8 Å². The summed E-state index contributed by atoms with van der Waals surface area (Å²) in [6.45, 7) is 14.1. The van der Waals surface area contributed by atoms with E-state index in [1.807, 2.05) is 20.8 Å². The molecule has 24 nitrogen and oxygen atoms in total. The van der Waals surface area contributed by atoms with Crippen molar-refractivity contribution in [2.24, 2.45) is 50.2 Å². The smallest absolute Gasteiger partial charge is 0.335 e. The van der Waals surface area contributed by atoms with Crippen molar-refractivity contribution in [2.75, 3.05) is 26.4 Å². The number of rotatable bonds is 14. The highest BCUT2D eigenvalue weighted by molar-refractivity contribution is 5.87. The van der Waals surface area contributed by atoms with Crippen LogP contribution in [0.2, 0.25) is 0 Å². The molecule has 4 saturated carbocycles. The van der Waals surface area contributed by atoms with Crippen molar-refractivity contribution < 1.29 is 119 Å². The van der Waals surface area contributed by atoms with Crippen molar-refractivity contribution in [3.8, 4) is 0 Å². The number of allylic oxidation sites excluding steroid dienone is 3. The summed E-state index contributed by atoms with van der Waals surface area (Å²) < 4.78 is 48.2. The minimum absolute atomic E-state index is 0.0849. The van der Waals surface area contributed by atoms with Gasteiger partial charge in [0.2, 0.25) is 0 Å². The number of hydrogen-bond donors (Lipinski definition) is 13. The number of carboxylic acid groups (broad SMARTS) is 1. The van der Waals surface area contributed by atoms with Crippen LogP contribution in [-0.2, 0) is 52.3 Å². The molecule has 13 N–H and O–H groups in total. The van der Waals surface area contributed by atoms with Crippen molar-refractivity contribution in [3.05, 3.63) is 23.3 Å². The second kappa shape index (κ2) is 22.6. The predicted octanol–water partition coefficient (Wildman–Crippen LogP) is -1.32. The Bertz CT molecular complexity index is 2290. The number of carbonyl (C=O) groups excluding carboxylic acids is 2. The normalized spacial score (nSPS) is 50.6. The molecule has 0 aromatic rings. The number of aliphatic hydroxyl groups is 12. The lowest BCUT2D eigenvalue weighted by Crippen LogP contribution is -2.72.